The number of rotatable bonds is 6. The van der Waals surface area contributed by atoms with Gasteiger partial charge in [0.2, 0.25) is 0 Å². The smallest absolute Gasteiger partial charge is 0.291 e. The lowest BCUT2D eigenvalue weighted by atomic mass is 10.3. The van der Waals surface area contributed by atoms with E-state index in [0.717, 1.165) is 11.3 Å². The zero-order valence-electron chi connectivity index (χ0n) is 14.3. The van der Waals surface area contributed by atoms with Gasteiger partial charge >= 0.3 is 0 Å². The van der Waals surface area contributed by atoms with Crippen LogP contribution in [0.25, 0.3) is 0 Å². The van der Waals surface area contributed by atoms with Crippen molar-refractivity contribution in [2.75, 3.05) is 16.4 Å². The van der Waals surface area contributed by atoms with Crippen molar-refractivity contribution in [2.24, 2.45) is 0 Å². The molecule has 0 spiro atoms. The van der Waals surface area contributed by atoms with E-state index in [0.29, 0.717) is 15.6 Å². The Morgan fingerprint density at radius 1 is 1.04 bits per heavy atom. The Hall–Kier alpha value is -2.91. The first-order valence-electron chi connectivity index (χ1n) is 7.98. The Morgan fingerprint density at radius 2 is 1.85 bits per heavy atom. The van der Waals surface area contributed by atoms with Crippen molar-refractivity contribution in [3.8, 4) is 0 Å². The third kappa shape index (κ3) is 4.44. The molecule has 7 nitrogen and oxygen atoms in total. The number of hydrogen-bond acceptors (Lipinski definition) is 6. The molecule has 9 heteroatoms. The number of benzene rings is 1. The van der Waals surface area contributed by atoms with Gasteiger partial charge in [-0.25, -0.2) is 8.42 Å². The van der Waals surface area contributed by atoms with Gasteiger partial charge in [-0.3, -0.25) is 9.59 Å². The third-order valence-corrected chi connectivity index (χ3v) is 6.37. The maximum atomic E-state index is 12.4. The molecule has 3 aromatic rings. The molecule has 0 atom stereocenters. The summed E-state index contributed by atoms with van der Waals surface area (Å²) >= 11 is 1.10. The van der Waals surface area contributed by atoms with Crippen molar-refractivity contribution in [1.82, 2.24) is 0 Å². The fourth-order valence-electron chi connectivity index (χ4n) is 2.24. The topological polar surface area (TPSA) is 105 Å². The van der Waals surface area contributed by atoms with Gasteiger partial charge in [0.05, 0.1) is 26.8 Å². The average molecular weight is 404 g/mol. The second-order valence-electron chi connectivity index (χ2n) is 5.48. The molecule has 0 saturated heterocycles. The van der Waals surface area contributed by atoms with Crippen LogP contribution in [0.3, 0.4) is 0 Å². The van der Waals surface area contributed by atoms with Crippen LogP contribution in [-0.2, 0) is 9.84 Å². The van der Waals surface area contributed by atoms with Crippen LogP contribution in [0.5, 0.6) is 0 Å². The van der Waals surface area contributed by atoms with Crippen molar-refractivity contribution in [3.63, 3.8) is 0 Å². The van der Waals surface area contributed by atoms with Crippen LogP contribution in [0, 0.1) is 0 Å². The minimum absolute atomic E-state index is 0.0198. The Kier molecular flexibility index (Phi) is 5.43. The van der Waals surface area contributed by atoms with Gasteiger partial charge in [-0.15, -0.1) is 11.3 Å². The third-order valence-electron chi connectivity index (χ3n) is 3.64. The second kappa shape index (κ2) is 7.77. The maximum Gasteiger partial charge on any atom is 0.291 e. The Bertz CT molecular complexity index is 1070. The van der Waals surface area contributed by atoms with Crippen LogP contribution < -0.4 is 10.6 Å². The summed E-state index contributed by atoms with van der Waals surface area (Å²) < 4.78 is 28.9. The van der Waals surface area contributed by atoms with Crippen LogP contribution in [0.2, 0.25) is 0 Å². The van der Waals surface area contributed by atoms with Gasteiger partial charge in [0.1, 0.15) is 0 Å². The lowest BCUT2D eigenvalue weighted by Crippen LogP contribution is -2.11. The zero-order valence-corrected chi connectivity index (χ0v) is 15.9. The number of thiophene rings is 1. The first-order chi connectivity index (χ1) is 12.9. The number of carbonyl (C=O) groups is 2. The van der Waals surface area contributed by atoms with E-state index in [1.807, 2.05) is 0 Å². The summed E-state index contributed by atoms with van der Waals surface area (Å²) in [5.41, 5.74) is 0.379. The normalized spacial score (nSPS) is 11.1. The fourth-order valence-corrected chi connectivity index (χ4v) is 3.96. The summed E-state index contributed by atoms with van der Waals surface area (Å²) in [5, 5.41) is 5.80. The molecular formula is C18H16N2O5S2. The highest BCUT2D eigenvalue weighted by Crippen LogP contribution is 2.24. The highest BCUT2D eigenvalue weighted by molar-refractivity contribution is 7.91. The predicted octanol–water partition coefficient (Wildman–Crippen LogP) is 3.64. The molecule has 0 saturated carbocycles. The van der Waals surface area contributed by atoms with Gasteiger partial charge in [-0.1, -0.05) is 13.0 Å². The Morgan fingerprint density at radius 3 is 2.56 bits per heavy atom. The predicted molar refractivity (Wildman–Crippen MR) is 103 cm³/mol. The highest BCUT2D eigenvalue weighted by atomic mass is 32.2. The number of nitrogens with one attached hydrogen (secondary N) is 2. The van der Waals surface area contributed by atoms with E-state index in [1.165, 1.54) is 24.5 Å². The number of sulfone groups is 1. The largest absolute Gasteiger partial charge is 0.459 e. The summed E-state index contributed by atoms with van der Waals surface area (Å²) in [6.45, 7) is 1.56. The SMILES string of the molecule is CCS(=O)(=O)c1cccc(NC(=O)c2ccc(NC(=O)c3ccco3)s2)c1. The molecule has 3 rings (SSSR count). The lowest BCUT2D eigenvalue weighted by molar-refractivity contribution is 0.0995. The van der Waals surface area contributed by atoms with E-state index in [4.69, 9.17) is 4.42 Å². The molecule has 0 bridgehead atoms. The van der Waals surface area contributed by atoms with Crippen molar-refractivity contribution in [3.05, 3.63) is 65.4 Å². The molecule has 2 N–H and O–H groups in total. The fraction of sp³-hybridized carbons (Fsp3) is 0.111. The monoisotopic (exact) mass is 404 g/mol. The summed E-state index contributed by atoms with van der Waals surface area (Å²) in [5.74, 6) is -0.659. The van der Waals surface area contributed by atoms with Crippen molar-refractivity contribution in [1.29, 1.82) is 0 Å². The van der Waals surface area contributed by atoms with E-state index >= 15 is 0 Å². The number of hydrogen-bond donors (Lipinski definition) is 2. The summed E-state index contributed by atoms with van der Waals surface area (Å²) in [4.78, 5) is 24.9. The molecule has 0 unspecified atom stereocenters. The number of furan rings is 1. The van der Waals surface area contributed by atoms with Gasteiger partial charge < -0.3 is 15.1 Å². The Balaban J connectivity index is 1.70. The molecule has 0 aliphatic rings. The van der Waals surface area contributed by atoms with Crippen molar-refractivity contribution < 1.29 is 22.4 Å². The highest BCUT2D eigenvalue weighted by Gasteiger charge is 2.15. The molecule has 0 fully saturated rings. The molecule has 2 amide bonds. The molecule has 1 aromatic carbocycles. The Labute approximate surface area is 159 Å². The maximum absolute atomic E-state index is 12.4. The van der Waals surface area contributed by atoms with Gasteiger partial charge in [0.25, 0.3) is 11.8 Å². The standard InChI is InChI=1S/C18H16N2O5S2/c1-2-27(23,24)13-6-3-5-12(11-13)19-18(22)15-8-9-16(26-15)20-17(21)14-7-4-10-25-14/h3-11H,2H2,1H3,(H,19,22)(H,20,21). The van der Waals surface area contributed by atoms with Crippen LogP contribution >= 0.6 is 11.3 Å². The summed E-state index contributed by atoms with van der Waals surface area (Å²) in [6, 6.07) is 12.4. The average Bonchev–Trinajstić information content (AvgIpc) is 3.34. The van der Waals surface area contributed by atoms with Gasteiger partial charge in [0, 0.05) is 5.69 Å². The molecule has 0 aliphatic carbocycles. The van der Waals surface area contributed by atoms with E-state index in [1.54, 1.807) is 37.3 Å². The number of amides is 2. The van der Waals surface area contributed by atoms with Gasteiger partial charge in [-0.2, -0.15) is 0 Å². The van der Waals surface area contributed by atoms with Crippen LogP contribution in [-0.4, -0.2) is 26.0 Å². The number of anilines is 2. The van der Waals surface area contributed by atoms with Crippen molar-refractivity contribution in [2.45, 2.75) is 11.8 Å². The molecule has 27 heavy (non-hydrogen) atoms. The molecule has 140 valence electrons. The molecule has 0 radical (unpaired) electrons. The molecular weight excluding hydrogens is 388 g/mol. The lowest BCUT2D eigenvalue weighted by Gasteiger charge is -2.06. The summed E-state index contributed by atoms with van der Waals surface area (Å²) in [7, 11) is -3.36. The van der Waals surface area contributed by atoms with Gasteiger partial charge in [0.15, 0.2) is 15.6 Å². The summed E-state index contributed by atoms with van der Waals surface area (Å²) in [6.07, 6.45) is 1.40. The molecule has 0 aliphatic heterocycles. The van der Waals surface area contributed by atoms with Crippen LogP contribution in [0.1, 0.15) is 27.2 Å². The van der Waals surface area contributed by atoms with Crippen LogP contribution in [0.15, 0.2) is 64.1 Å². The first kappa shape index (κ1) is 18.9. The quantitative estimate of drug-likeness (QED) is 0.652. The van der Waals surface area contributed by atoms with E-state index in [9.17, 15) is 18.0 Å². The zero-order chi connectivity index (χ0) is 19.4. The molecule has 2 aromatic heterocycles. The first-order valence-corrected chi connectivity index (χ1v) is 10.4. The minimum atomic E-state index is -3.36. The molecule has 2 heterocycles. The van der Waals surface area contributed by atoms with Crippen molar-refractivity contribution >= 4 is 43.7 Å². The van der Waals surface area contributed by atoms with Gasteiger partial charge in [-0.05, 0) is 42.5 Å². The second-order valence-corrected chi connectivity index (χ2v) is 8.84. The number of carbonyl (C=O) groups excluding carboxylic acids is 2. The van der Waals surface area contributed by atoms with E-state index in [-0.39, 0.29) is 16.4 Å². The van der Waals surface area contributed by atoms with E-state index < -0.39 is 21.7 Å². The van der Waals surface area contributed by atoms with E-state index in [2.05, 4.69) is 10.6 Å². The van der Waals surface area contributed by atoms with Crippen LogP contribution in [0.4, 0.5) is 10.7 Å². The minimum Gasteiger partial charge on any atom is -0.459 e.